The topological polar surface area (TPSA) is 0 Å². The largest absolute Gasteiger partial charge is 0.0683 e. The average Bonchev–Trinajstić information content (AvgIpc) is 3.16. The molecule has 2 aliphatic rings. The summed E-state index contributed by atoms with van der Waals surface area (Å²) in [5.74, 6) is 9.60. The molecule has 332 valence electrons. The average molecular weight is 750 g/mol. The van der Waals surface area contributed by atoms with Crippen LogP contribution in [0.25, 0.3) is 0 Å². The van der Waals surface area contributed by atoms with Crippen molar-refractivity contribution in [2.75, 3.05) is 0 Å². The second-order valence-electron chi connectivity index (χ2n) is 15.2. The molecule has 0 radical (unpaired) electrons. The predicted octanol–water partition coefficient (Wildman–Crippen LogP) is 21.3. The first-order valence-corrected chi connectivity index (χ1v) is 24.7. The Hall–Kier alpha value is 0. The summed E-state index contributed by atoms with van der Waals surface area (Å²) in [6, 6.07) is 0. The lowest BCUT2D eigenvalue weighted by molar-refractivity contribution is 0.0408. The van der Waals surface area contributed by atoms with E-state index in [1.54, 1.807) is 12.8 Å². The maximum atomic E-state index is 2.56. The van der Waals surface area contributed by atoms with Crippen molar-refractivity contribution in [3.8, 4) is 0 Å². The van der Waals surface area contributed by atoms with Gasteiger partial charge in [0.25, 0.3) is 0 Å². The van der Waals surface area contributed by atoms with Crippen molar-refractivity contribution in [2.24, 2.45) is 59.2 Å². The molecule has 0 N–H and O–H groups in total. The zero-order valence-electron chi connectivity index (χ0n) is 44.3. The molecule has 6 atom stereocenters. The third kappa shape index (κ3) is 71.4. The Morgan fingerprint density at radius 2 is 0.769 bits per heavy atom. The molecule has 0 amide bonds. The minimum absolute atomic E-state index is 0.833. The van der Waals surface area contributed by atoms with Gasteiger partial charge in [0.1, 0.15) is 0 Å². The molecule has 0 bridgehead atoms. The molecule has 0 saturated heterocycles. The fourth-order valence-corrected chi connectivity index (χ4v) is 5.62. The van der Waals surface area contributed by atoms with Crippen LogP contribution >= 0.6 is 0 Å². The summed E-state index contributed by atoms with van der Waals surface area (Å²) >= 11 is 0. The van der Waals surface area contributed by atoms with Crippen molar-refractivity contribution in [1.29, 1.82) is 0 Å². The summed E-state index contributed by atoms with van der Waals surface area (Å²) in [7, 11) is 0. The summed E-state index contributed by atoms with van der Waals surface area (Å²) < 4.78 is 0. The van der Waals surface area contributed by atoms with Gasteiger partial charge in [0.05, 0.1) is 0 Å². The molecule has 2 aliphatic carbocycles. The predicted molar refractivity (Wildman–Crippen MR) is 261 cm³/mol. The van der Waals surface area contributed by atoms with Gasteiger partial charge in [-0.1, -0.05) is 253 Å². The van der Waals surface area contributed by atoms with Crippen LogP contribution < -0.4 is 0 Å². The van der Waals surface area contributed by atoms with Gasteiger partial charge in [0.15, 0.2) is 0 Å². The van der Waals surface area contributed by atoms with E-state index in [1.165, 1.54) is 64.2 Å². The highest BCUT2D eigenvalue weighted by molar-refractivity contribution is 4.89. The molecule has 0 aromatic heterocycles. The first kappa shape index (κ1) is 76.7. The van der Waals surface area contributed by atoms with Crippen molar-refractivity contribution in [1.82, 2.24) is 0 Å². The quantitative estimate of drug-likeness (QED) is 0.243. The molecule has 0 aromatic carbocycles. The highest BCUT2D eigenvalue weighted by Crippen LogP contribution is 2.49. The number of rotatable bonds is 7. The lowest BCUT2D eigenvalue weighted by atomic mass is 9.59. The molecule has 0 aromatic rings. The van der Waals surface area contributed by atoms with E-state index >= 15 is 0 Å². The van der Waals surface area contributed by atoms with Gasteiger partial charge in [-0.05, 0) is 91.3 Å². The van der Waals surface area contributed by atoms with E-state index in [0.29, 0.717) is 0 Å². The van der Waals surface area contributed by atoms with E-state index in [4.69, 9.17) is 0 Å². The number of hydrogen-bond acceptors (Lipinski definition) is 0. The molecule has 52 heavy (non-hydrogen) atoms. The van der Waals surface area contributed by atoms with E-state index in [0.717, 1.165) is 59.2 Å². The Labute approximate surface area is 342 Å². The second-order valence-corrected chi connectivity index (χ2v) is 15.2. The Morgan fingerprint density at radius 3 is 1.02 bits per heavy atom. The Kier molecular flexibility index (Phi) is 107. The lowest BCUT2D eigenvalue weighted by Gasteiger charge is -2.46. The van der Waals surface area contributed by atoms with Gasteiger partial charge in [0.2, 0.25) is 0 Å². The summed E-state index contributed by atoms with van der Waals surface area (Å²) in [6.07, 6.45) is 17.4. The highest BCUT2D eigenvalue weighted by Gasteiger charge is 2.39. The fraction of sp³-hybridized carbons (Fsp3) is 1.00. The molecular formula is C52H124. The standard InChI is InChI=1S/C21H40.C5H12.3C4H10.7C2H6/c1-6-7-8-19-14-18(15(2)3)10-12-21(19)20-11-9-16(4)13-17(20)5;1-4-5(2)3;2*1-4(2)3;1-3-4-2;7*1-2/h15-21H,6-14H2,1-5H3;5H,4H2,1-3H3;2*4H,1-3H3;3-4H2,1-2H3;7*1-2H3. The molecule has 2 saturated carbocycles. The third-order valence-corrected chi connectivity index (χ3v) is 8.32. The van der Waals surface area contributed by atoms with Gasteiger partial charge >= 0.3 is 0 Å². The number of hydrogen-bond donors (Lipinski definition) is 0. The van der Waals surface area contributed by atoms with Gasteiger partial charge in [-0.2, -0.15) is 0 Å². The van der Waals surface area contributed by atoms with E-state index in [-0.39, 0.29) is 0 Å². The highest BCUT2D eigenvalue weighted by atomic mass is 14.4. The molecule has 2 fully saturated rings. The van der Waals surface area contributed by atoms with Crippen molar-refractivity contribution in [3.05, 3.63) is 0 Å². The minimum atomic E-state index is 0.833. The summed E-state index contributed by atoms with van der Waals surface area (Å²) in [5, 5.41) is 0. The smallest absolute Gasteiger partial charge is 0.0355 e. The molecule has 0 heteroatoms. The van der Waals surface area contributed by atoms with E-state index in [1.807, 2.05) is 96.9 Å². The van der Waals surface area contributed by atoms with Gasteiger partial charge in [-0.25, -0.2) is 0 Å². The SMILES string of the molecule is CC.CC.CC.CC.CC.CC.CC.CC(C)C.CC(C)C.CCC(C)C.CCCC.CCCCC1CC(C(C)C)CCC1C1CCC(C)CC1C. The zero-order chi connectivity index (χ0) is 44.3. The third-order valence-electron chi connectivity index (χ3n) is 8.32. The van der Waals surface area contributed by atoms with Crippen LogP contribution in [0.4, 0.5) is 0 Å². The molecule has 2 rings (SSSR count). The molecule has 0 nitrogen and oxygen atoms in total. The fourth-order valence-electron chi connectivity index (χ4n) is 5.62. The van der Waals surface area contributed by atoms with Crippen LogP contribution in [0.5, 0.6) is 0 Å². The first-order valence-electron chi connectivity index (χ1n) is 24.7. The van der Waals surface area contributed by atoms with Crippen molar-refractivity contribution < 1.29 is 0 Å². The van der Waals surface area contributed by atoms with Crippen LogP contribution in [0.2, 0.25) is 0 Å². The monoisotopic (exact) mass is 749 g/mol. The van der Waals surface area contributed by atoms with Crippen LogP contribution in [0.3, 0.4) is 0 Å². The van der Waals surface area contributed by atoms with Gasteiger partial charge in [-0.15, -0.1) is 0 Å². The maximum absolute atomic E-state index is 2.56. The minimum Gasteiger partial charge on any atom is -0.0683 e. The molecule has 0 aliphatic heterocycles. The normalized spacial score (nSPS) is 20.4. The van der Waals surface area contributed by atoms with Crippen molar-refractivity contribution in [3.63, 3.8) is 0 Å². The van der Waals surface area contributed by atoms with Crippen LogP contribution in [-0.4, -0.2) is 0 Å². The molecule has 6 unspecified atom stereocenters. The molecule has 0 heterocycles. The van der Waals surface area contributed by atoms with Gasteiger partial charge in [-0.3, -0.25) is 0 Å². The Balaban J connectivity index is -0.0000000589. The number of unbranched alkanes of at least 4 members (excludes halogenated alkanes) is 2. The summed E-state index contributed by atoms with van der Waals surface area (Å²) in [4.78, 5) is 0. The van der Waals surface area contributed by atoms with Crippen LogP contribution in [-0.2, 0) is 0 Å². The summed E-state index contributed by atoms with van der Waals surface area (Å²) in [6.45, 7) is 64.3. The van der Waals surface area contributed by atoms with Gasteiger partial charge < -0.3 is 0 Å². The van der Waals surface area contributed by atoms with E-state index < -0.39 is 0 Å². The van der Waals surface area contributed by atoms with Crippen LogP contribution in [0.1, 0.15) is 285 Å². The van der Waals surface area contributed by atoms with E-state index in [9.17, 15) is 0 Å². The van der Waals surface area contributed by atoms with Crippen molar-refractivity contribution >= 4 is 0 Å². The van der Waals surface area contributed by atoms with E-state index in [2.05, 4.69) is 111 Å². The summed E-state index contributed by atoms with van der Waals surface area (Å²) in [5.41, 5.74) is 0. The van der Waals surface area contributed by atoms with Crippen LogP contribution in [0, 0.1) is 59.2 Å². The van der Waals surface area contributed by atoms with Crippen molar-refractivity contribution in [2.45, 2.75) is 285 Å². The second kappa shape index (κ2) is 72.3. The zero-order valence-corrected chi connectivity index (χ0v) is 44.3. The lowest BCUT2D eigenvalue weighted by Crippen LogP contribution is -2.37. The van der Waals surface area contributed by atoms with Crippen LogP contribution in [0.15, 0.2) is 0 Å². The molecule has 0 spiro atoms. The molecular weight excluding hydrogens is 625 g/mol. The van der Waals surface area contributed by atoms with Gasteiger partial charge in [0, 0.05) is 0 Å². The Bertz CT molecular complexity index is 431. The first-order chi connectivity index (χ1) is 24.7. The maximum Gasteiger partial charge on any atom is -0.0355 e. The Morgan fingerprint density at radius 1 is 0.442 bits per heavy atom.